The van der Waals surface area contributed by atoms with Crippen molar-refractivity contribution in [2.24, 2.45) is 0 Å². The molecule has 0 aliphatic heterocycles. The SMILES string of the molecule is CC1(C)c2ccccc2-c2ccc(N(c3ccc(-c4ccccc4)cc3)c3cnc4sc5ccc6ccccc6c5c4c3)cc21. The van der Waals surface area contributed by atoms with Crippen molar-refractivity contribution in [2.45, 2.75) is 19.3 Å². The minimum atomic E-state index is -0.0878. The van der Waals surface area contributed by atoms with Crippen LogP contribution in [0.25, 0.3) is 53.3 Å². The van der Waals surface area contributed by atoms with Gasteiger partial charge in [-0.1, -0.05) is 117 Å². The maximum Gasteiger partial charge on any atom is 0.124 e. The third kappa shape index (κ3) is 4.04. The molecular formula is C42H30N2S. The van der Waals surface area contributed by atoms with Gasteiger partial charge in [0.25, 0.3) is 0 Å². The second kappa shape index (κ2) is 9.88. The number of anilines is 3. The molecule has 2 heterocycles. The van der Waals surface area contributed by atoms with E-state index in [9.17, 15) is 0 Å². The fraction of sp³-hybridized carbons (Fsp3) is 0.0714. The molecule has 1 aliphatic rings. The van der Waals surface area contributed by atoms with E-state index in [0.29, 0.717) is 0 Å². The Morgan fingerprint density at radius 3 is 2.13 bits per heavy atom. The molecule has 0 amide bonds. The average molecular weight is 595 g/mol. The zero-order chi connectivity index (χ0) is 30.1. The zero-order valence-corrected chi connectivity index (χ0v) is 26.0. The summed E-state index contributed by atoms with van der Waals surface area (Å²) in [4.78, 5) is 8.51. The van der Waals surface area contributed by atoms with E-state index in [1.165, 1.54) is 59.6 Å². The van der Waals surface area contributed by atoms with Crippen molar-refractivity contribution in [3.8, 4) is 22.3 Å². The Bertz CT molecular complexity index is 2400. The highest BCUT2D eigenvalue weighted by Gasteiger charge is 2.35. The summed E-state index contributed by atoms with van der Waals surface area (Å²) in [6.07, 6.45) is 2.04. The van der Waals surface area contributed by atoms with E-state index < -0.39 is 0 Å². The molecule has 0 radical (unpaired) electrons. The molecular weight excluding hydrogens is 565 g/mol. The Morgan fingerprint density at radius 2 is 1.27 bits per heavy atom. The molecule has 8 aromatic rings. The van der Waals surface area contributed by atoms with E-state index in [1.54, 1.807) is 11.3 Å². The molecule has 0 atom stereocenters. The molecule has 0 saturated heterocycles. The van der Waals surface area contributed by atoms with Gasteiger partial charge in [-0.3, -0.25) is 0 Å². The van der Waals surface area contributed by atoms with Gasteiger partial charge >= 0.3 is 0 Å². The van der Waals surface area contributed by atoms with E-state index in [-0.39, 0.29) is 5.41 Å². The van der Waals surface area contributed by atoms with E-state index in [1.807, 2.05) is 6.20 Å². The smallest absolute Gasteiger partial charge is 0.124 e. The molecule has 2 nitrogen and oxygen atoms in total. The minimum Gasteiger partial charge on any atom is -0.309 e. The number of benzene rings is 6. The number of aromatic nitrogens is 1. The number of hydrogen-bond acceptors (Lipinski definition) is 3. The van der Waals surface area contributed by atoms with Gasteiger partial charge in [0, 0.05) is 32.3 Å². The number of pyridine rings is 1. The van der Waals surface area contributed by atoms with Crippen molar-refractivity contribution in [1.29, 1.82) is 0 Å². The van der Waals surface area contributed by atoms with Crippen LogP contribution in [0.4, 0.5) is 17.1 Å². The molecule has 0 unspecified atom stereocenters. The van der Waals surface area contributed by atoms with E-state index >= 15 is 0 Å². The lowest BCUT2D eigenvalue weighted by molar-refractivity contribution is 0.660. The zero-order valence-electron chi connectivity index (χ0n) is 25.2. The molecule has 0 spiro atoms. The van der Waals surface area contributed by atoms with Crippen LogP contribution in [0.2, 0.25) is 0 Å². The van der Waals surface area contributed by atoms with Gasteiger partial charge in [-0.2, -0.15) is 0 Å². The van der Waals surface area contributed by atoms with E-state index in [0.717, 1.165) is 21.9 Å². The highest BCUT2D eigenvalue weighted by molar-refractivity contribution is 7.25. The van der Waals surface area contributed by atoms with Crippen molar-refractivity contribution < 1.29 is 0 Å². The summed E-state index contributed by atoms with van der Waals surface area (Å²) in [5.74, 6) is 0. The first-order chi connectivity index (χ1) is 22.1. The van der Waals surface area contributed by atoms with Crippen LogP contribution < -0.4 is 4.90 Å². The first kappa shape index (κ1) is 26.2. The maximum absolute atomic E-state index is 5.07. The molecule has 0 fully saturated rings. The van der Waals surface area contributed by atoms with Gasteiger partial charge < -0.3 is 4.90 Å². The quantitative estimate of drug-likeness (QED) is 0.201. The first-order valence-corrected chi connectivity index (χ1v) is 16.3. The third-order valence-electron chi connectivity index (χ3n) is 9.52. The molecule has 0 N–H and O–H groups in total. The van der Waals surface area contributed by atoms with Crippen LogP contribution >= 0.6 is 11.3 Å². The van der Waals surface area contributed by atoms with Gasteiger partial charge in [-0.15, -0.1) is 11.3 Å². The summed E-state index contributed by atoms with van der Waals surface area (Å²) < 4.78 is 1.27. The monoisotopic (exact) mass is 594 g/mol. The highest BCUT2D eigenvalue weighted by atomic mass is 32.1. The number of hydrogen-bond donors (Lipinski definition) is 0. The molecule has 45 heavy (non-hydrogen) atoms. The fourth-order valence-corrected chi connectivity index (χ4v) is 8.30. The number of fused-ring (bicyclic) bond motifs is 8. The van der Waals surface area contributed by atoms with Gasteiger partial charge in [-0.25, -0.2) is 4.98 Å². The van der Waals surface area contributed by atoms with Crippen LogP contribution in [0.5, 0.6) is 0 Å². The number of thiophene rings is 1. The summed E-state index contributed by atoms with van der Waals surface area (Å²) in [5, 5.41) is 5.01. The van der Waals surface area contributed by atoms with E-state index in [2.05, 4.69) is 158 Å². The van der Waals surface area contributed by atoms with Crippen molar-refractivity contribution in [2.75, 3.05) is 4.90 Å². The lowest BCUT2D eigenvalue weighted by Crippen LogP contribution is -2.16. The van der Waals surface area contributed by atoms with Crippen LogP contribution in [0.1, 0.15) is 25.0 Å². The molecule has 2 aromatic heterocycles. The second-order valence-electron chi connectivity index (χ2n) is 12.5. The van der Waals surface area contributed by atoms with Crippen LogP contribution in [0.15, 0.2) is 146 Å². The van der Waals surface area contributed by atoms with Crippen molar-refractivity contribution in [1.82, 2.24) is 4.98 Å². The van der Waals surface area contributed by atoms with Crippen LogP contribution in [-0.4, -0.2) is 4.98 Å². The van der Waals surface area contributed by atoms with Crippen LogP contribution in [0, 0.1) is 0 Å². The summed E-state index contributed by atoms with van der Waals surface area (Å²) in [6.45, 7) is 4.69. The number of rotatable bonds is 4. The van der Waals surface area contributed by atoms with Gasteiger partial charge in [0.15, 0.2) is 0 Å². The normalized spacial score (nSPS) is 13.3. The van der Waals surface area contributed by atoms with Crippen molar-refractivity contribution in [3.05, 3.63) is 157 Å². The van der Waals surface area contributed by atoms with Crippen LogP contribution in [-0.2, 0) is 5.41 Å². The predicted molar refractivity (Wildman–Crippen MR) is 192 cm³/mol. The van der Waals surface area contributed by atoms with Gasteiger partial charge in [-0.05, 0) is 80.6 Å². The highest BCUT2D eigenvalue weighted by Crippen LogP contribution is 2.51. The molecule has 214 valence electrons. The Hall–Kier alpha value is -5.25. The van der Waals surface area contributed by atoms with Gasteiger partial charge in [0.1, 0.15) is 4.83 Å². The topological polar surface area (TPSA) is 16.1 Å². The standard InChI is InChI=1S/C42H30N2S/c1-42(2)37-15-9-8-14-34(37)35-22-21-31(25-38(35)42)44(30-19-16-28(17-20-30)27-10-4-3-5-11-27)32-24-36-40-33-13-7-6-12-29(33)18-23-39(40)45-41(36)43-26-32/h3-26H,1-2H3. The predicted octanol–water partition coefficient (Wildman–Crippen LogP) is 12.0. The molecule has 0 saturated carbocycles. The fourth-order valence-electron chi connectivity index (χ4n) is 7.25. The largest absolute Gasteiger partial charge is 0.309 e. The van der Waals surface area contributed by atoms with Crippen molar-refractivity contribution >= 4 is 59.5 Å². The van der Waals surface area contributed by atoms with Crippen molar-refractivity contribution in [3.63, 3.8) is 0 Å². The molecule has 6 aromatic carbocycles. The third-order valence-corrected chi connectivity index (χ3v) is 10.6. The maximum atomic E-state index is 5.07. The lowest BCUT2D eigenvalue weighted by Gasteiger charge is -2.28. The molecule has 0 bridgehead atoms. The van der Waals surface area contributed by atoms with Gasteiger partial charge in [0.2, 0.25) is 0 Å². The Morgan fingerprint density at radius 1 is 0.556 bits per heavy atom. The van der Waals surface area contributed by atoms with Crippen LogP contribution in [0.3, 0.4) is 0 Å². The molecule has 3 heteroatoms. The number of nitrogens with zero attached hydrogens (tertiary/aromatic N) is 2. The Kier molecular flexibility index (Phi) is 5.75. The Labute approximate surface area is 266 Å². The summed E-state index contributed by atoms with van der Waals surface area (Å²) in [5.41, 5.74) is 11.0. The molecule has 1 aliphatic carbocycles. The summed E-state index contributed by atoms with van der Waals surface area (Å²) in [7, 11) is 0. The lowest BCUT2D eigenvalue weighted by atomic mass is 9.82. The summed E-state index contributed by atoms with van der Waals surface area (Å²) in [6, 6.07) is 50.8. The van der Waals surface area contributed by atoms with Gasteiger partial charge in [0.05, 0.1) is 11.9 Å². The Balaban J connectivity index is 1.25. The average Bonchev–Trinajstić information content (AvgIpc) is 3.58. The first-order valence-electron chi connectivity index (χ1n) is 15.5. The minimum absolute atomic E-state index is 0.0878. The molecule has 9 rings (SSSR count). The van der Waals surface area contributed by atoms with E-state index in [4.69, 9.17) is 4.98 Å². The summed E-state index contributed by atoms with van der Waals surface area (Å²) >= 11 is 1.77. The second-order valence-corrected chi connectivity index (χ2v) is 13.5.